The van der Waals surface area contributed by atoms with Gasteiger partial charge in [0, 0.05) is 5.92 Å². The van der Waals surface area contributed by atoms with Crippen molar-refractivity contribution in [1.29, 1.82) is 0 Å². The molecule has 1 aliphatic carbocycles. The molecular weight excluding hydrogens is 238 g/mol. The van der Waals surface area contributed by atoms with Gasteiger partial charge in [-0.1, -0.05) is 5.16 Å². The van der Waals surface area contributed by atoms with E-state index >= 15 is 0 Å². The molecule has 70 valence electrons. The summed E-state index contributed by atoms with van der Waals surface area (Å²) in [5, 5.41) is 3.82. The summed E-state index contributed by atoms with van der Waals surface area (Å²) in [5.41, 5.74) is 1.16. The van der Waals surface area contributed by atoms with Crippen molar-refractivity contribution < 1.29 is 14.1 Å². The van der Waals surface area contributed by atoms with Gasteiger partial charge >= 0.3 is 5.97 Å². The zero-order chi connectivity index (χ0) is 9.42. The monoisotopic (exact) mass is 245 g/mol. The third kappa shape index (κ3) is 1.48. The second kappa shape index (κ2) is 3.14. The molecule has 0 bridgehead atoms. The Hall–Kier alpha value is -0.840. The molecule has 0 aromatic carbocycles. The molecule has 1 saturated carbocycles. The summed E-state index contributed by atoms with van der Waals surface area (Å²) in [6.07, 6.45) is 2.14. The van der Waals surface area contributed by atoms with E-state index in [4.69, 9.17) is 4.52 Å². The average Bonchev–Trinajstić information content (AvgIpc) is 2.89. The van der Waals surface area contributed by atoms with E-state index in [1.807, 2.05) is 0 Å². The third-order valence-corrected chi connectivity index (χ3v) is 2.57. The molecule has 0 N–H and O–H groups in total. The van der Waals surface area contributed by atoms with Crippen molar-refractivity contribution in [2.24, 2.45) is 0 Å². The van der Waals surface area contributed by atoms with Crippen LogP contribution in [0.3, 0.4) is 0 Å². The average molecular weight is 246 g/mol. The van der Waals surface area contributed by atoms with E-state index in [1.54, 1.807) is 0 Å². The molecular formula is C8H8BrNO3. The van der Waals surface area contributed by atoms with Crippen molar-refractivity contribution in [2.45, 2.75) is 18.8 Å². The molecule has 5 heteroatoms. The Bertz CT molecular complexity index is 343. The number of hydrogen-bond acceptors (Lipinski definition) is 4. The van der Waals surface area contributed by atoms with Crippen LogP contribution in [0.1, 0.15) is 34.8 Å². The number of carbonyl (C=O) groups is 1. The zero-order valence-corrected chi connectivity index (χ0v) is 8.63. The van der Waals surface area contributed by atoms with Crippen molar-refractivity contribution in [3.63, 3.8) is 0 Å². The summed E-state index contributed by atoms with van der Waals surface area (Å²) in [6.45, 7) is 0. The molecule has 1 aromatic heterocycles. The highest BCUT2D eigenvalue weighted by atomic mass is 79.9. The van der Waals surface area contributed by atoms with Gasteiger partial charge in [-0.15, -0.1) is 0 Å². The quantitative estimate of drug-likeness (QED) is 0.750. The SMILES string of the molecule is COC(=O)c1c(C2CC2)noc1Br. The van der Waals surface area contributed by atoms with Gasteiger partial charge < -0.3 is 9.26 Å². The highest BCUT2D eigenvalue weighted by molar-refractivity contribution is 9.10. The first-order valence-electron chi connectivity index (χ1n) is 3.97. The van der Waals surface area contributed by atoms with E-state index in [0.717, 1.165) is 18.5 Å². The zero-order valence-electron chi connectivity index (χ0n) is 7.04. The second-order valence-corrected chi connectivity index (χ2v) is 3.70. The van der Waals surface area contributed by atoms with Crippen molar-refractivity contribution in [2.75, 3.05) is 7.11 Å². The fraction of sp³-hybridized carbons (Fsp3) is 0.500. The Morgan fingerprint density at radius 3 is 2.92 bits per heavy atom. The number of hydrogen-bond donors (Lipinski definition) is 0. The summed E-state index contributed by atoms with van der Waals surface area (Å²) in [4.78, 5) is 11.3. The molecule has 0 saturated heterocycles. The smallest absolute Gasteiger partial charge is 0.344 e. The van der Waals surface area contributed by atoms with E-state index in [9.17, 15) is 4.79 Å². The standard InChI is InChI=1S/C8H8BrNO3/c1-12-8(11)5-6(4-2-3-4)10-13-7(5)9/h4H,2-3H2,1H3. The van der Waals surface area contributed by atoms with Crippen LogP contribution in [0, 0.1) is 0 Å². The first-order chi connectivity index (χ1) is 6.24. The van der Waals surface area contributed by atoms with Crippen LogP contribution < -0.4 is 0 Å². The number of ether oxygens (including phenoxy) is 1. The van der Waals surface area contributed by atoms with E-state index < -0.39 is 5.97 Å². The van der Waals surface area contributed by atoms with Crippen LogP contribution >= 0.6 is 15.9 Å². The van der Waals surface area contributed by atoms with Crippen molar-refractivity contribution in [1.82, 2.24) is 5.16 Å². The van der Waals surface area contributed by atoms with Crippen LogP contribution in [0.15, 0.2) is 9.19 Å². The van der Waals surface area contributed by atoms with Gasteiger partial charge in [0.05, 0.1) is 7.11 Å². The molecule has 1 aliphatic rings. The minimum Gasteiger partial charge on any atom is -0.465 e. The number of methoxy groups -OCH3 is 1. The fourth-order valence-electron chi connectivity index (χ4n) is 1.20. The molecule has 4 nitrogen and oxygen atoms in total. The lowest BCUT2D eigenvalue weighted by molar-refractivity contribution is 0.0597. The third-order valence-electron chi connectivity index (χ3n) is 2.03. The predicted molar refractivity (Wildman–Crippen MR) is 47.5 cm³/mol. The van der Waals surface area contributed by atoms with Crippen LogP contribution in [-0.4, -0.2) is 18.2 Å². The van der Waals surface area contributed by atoms with Crippen molar-refractivity contribution in [3.05, 3.63) is 15.9 Å². The summed E-state index contributed by atoms with van der Waals surface area (Å²) in [6, 6.07) is 0. The topological polar surface area (TPSA) is 52.3 Å². The number of carbonyl (C=O) groups excluding carboxylic acids is 1. The molecule has 13 heavy (non-hydrogen) atoms. The number of halogens is 1. The fourth-order valence-corrected chi connectivity index (χ4v) is 1.64. The molecule has 0 atom stereocenters. The van der Waals surface area contributed by atoms with E-state index in [1.165, 1.54) is 7.11 Å². The first-order valence-corrected chi connectivity index (χ1v) is 4.76. The number of rotatable bonds is 2. The Morgan fingerprint density at radius 2 is 2.38 bits per heavy atom. The van der Waals surface area contributed by atoms with Crippen LogP contribution in [-0.2, 0) is 4.74 Å². The number of esters is 1. The van der Waals surface area contributed by atoms with Crippen molar-refractivity contribution in [3.8, 4) is 0 Å². The second-order valence-electron chi connectivity index (χ2n) is 2.98. The Balaban J connectivity index is 2.39. The number of aromatic nitrogens is 1. The molecule has 0 amide bonds. The summed E-state index contributed by atoms with van der Waals surface area (Å²) >= 11 is 3.12. The van der Waals surface area contributed by atoms with Crippen molar-refractivity contribution >= 4 is 21.9 Å². The minimum atomic E-state index is -0.393. The van der Waals surface area contributed by atoms with Gasteiger partial charge in [0.1, 0.15) is 11.3 Å². The van der Waals surface area contributed by atoms with E-state index in [-0.39, 0.29) is 0 Å². The van der Waals surface area contributed by atoms with E-state index in [0.29, 0.717) is 16.2 Å². The maximum atomic E-state index is 11.3. The maximum absolute atomic E-state index is 11.3. The molecule has 0 unspecified atom stereocenters. The summed E-state index contributed by atoms with van der Waals surface area (Å²) in [5.74, 6) is -0.0147. The van der Waals surface area contributed by atoms with E-state index in [2.05, 4.69) is 25.8 Å². The molecule has 0 radical (unpaired) electrons. The Labute approximate surface area is 83.4 Å². The van der Waals surface area contributed by atoms with Gasteiger partial charge in [0.15, 0.2) is 0 Å². The van der Waals surface area contributed by atoms with Gasteiger partial charge in [0.25, 0.3) is 0 Å². The lowest BCUT2D eigenvalue weighted by Crippen LogP contribution is -2.03. The van der Waals surface area contributed by atoms with Gasteiger partial charge in [-0.25, -0.2) is 4.79 Å². The highest BCUT2D eigenvalue weighted by Gasteiger charge is 2.34. The maximum Gasteiger partial charge on any atom is 0.344 e. The highest BCUT2D eigenvalue weighted by Crippen LogP contribution is 2.42. The Kier molecular flexibility index (Phi) is 2.11. The predicted octanol–water partition coefficient (Wildman–Crippen LogP) is 2.10. The molecule has 0 aliphatic heterocycles. The Morgan fingerprint density at radius 1 is 1.69 bits per heavy atom. The summed E-state index contributed by atoms with van der Waals surface area (Å²) < 4.78 is 9.87. The van der Waals surface area contributed by atoms with Crippen LogP contribution in [0.5, 0.6) is 0 Å². The molecule has 1 fully saturated rings. The van der Waals surface area contributed by atoms with Gasteiger partial charge in [-0.3, -0.25) is 0 Å². The lowest BCUT2D eigenvalue weighted by atomic mass is 10.2. The largest absolute Gasteiger partial charge is 0.465 e. The minimum absolute atomic E-state index is 0.362. The van der Waals surface area contributed by atoms with Gasteiger partial charge in [0.2, 0.25) is 4.67 Å². The normalized spacial score (nSPS) is 15.8. The van der Waals surface area contributed by atoms with Gasteiger partial charge in [-0.2, -0.15) is 0 Å². The molecule has 1 heterocycles. The first kappa shape index (κ1) is 8.74. The van der Waals surface area contributed by atoms with Gasteiger partial charge in [-0.05, 0) is 28.8 Å². The van der Waals surface area contributed by atoms with Crippen LogP contribution in [0.25, 0.3) is 0 Å². The van der Waals surface area contributed by atoms with Crippen LogP contribution in [0.2, 0.25) is 0 Å². The molecule has 2 rings (SSSR count). The molecule has 0 spiro atoms. The molecule has 1 aromatic rings. The van der Waals surface area contributed by atoms with Crippen LogP contribution in [0.4, 0.5) is 0 Å². The lowest BCUT2D eigenvalue weighted by Gasteiger charge is -1.96. The number of nitrogens with zero attached hydrogens (tertiary/aromatic N) is 1. The summed E-state index contributed by atoms with van der Waals surface area (Å²) in [7, 11) is 1.35.